The Kier molecular flexibility index (Phi) is 3.27. The van der Waals surface area contributed by atoms with E-state index in [0.29, 0.717) is 19.3 Å². The molecule has 17 heavy (non-hydrogen) atoms. The lowest BCUT2D eigenvalue weighted by molar-refractivity contribution is -0.156. The van der Waals surface area contributed by atoms with Crippen LogP contribution >= 0.6 is 0 Å². The first-order valence-corrected chi connectivity index (χ1v) is 5.85. The Morgan fingerprint density at radius 2 is 2.06 bits per heavy atom. The van der Waals surface area contributed by atoms with Crippen LogP contribution in [0.3, 0.4) is 0 Å². The normalized spacial score (nSPS) is 23.7. The second-order valence-corrected chi connectivity index (χ2v) is 4.51. The monoisotopic (exact) mass is 232 g/mol. The van der Waals surface area contributed by atoms with Crippen molar-refractivity contribution in [2.24, 2.45) is 5.41 Å². The summed E-state index contributed by atoms with van der Waals surface area (Å²) in [6.07, 6.45) is 2.33. The zero-order valence-electron chi connectivity index (χ0n) is 9.94. The molecule has 1 fully saturated rings. The number of ether oxygens (including phenoxy) is 1. The van der Waals surface area contributed by atoms with Gasteiger partial charge >= 0.3 is 5.97 Å². The molecule has 0 bridgehead atoms. The first-order valence-electron chi connectivity index (χ1n) is 5.85. The molecule has 0 N–H and O–H groups in total. The fraction of sp³-hybridized carbons (Fsp3) is 0.429. The maximum Gasteiger partial charge on any atom is 0.319 e. The third-order valence-corrected chi connectivity index (χ3v) is 3.47. The van der Waals surface area contributed by atoms with E-state index in [-0.39, 0.29) is 11.8 Å². The van der Waals surface area contributed by atoms with Gasteiger partial charge in [0.15, 0.2) is 5.78 Å². The third kappa shape index (κ3) is 2.09. The van der Waals surface area contributed by atoms with E-state index in [2.05, 4.69) is 0 Å². The van der Waals surface area contributed by atoms with Gasteiger partial charge in [0.05, 0.1) is 7.11 Å². The van der Waals surface area contributed by atoms with E-state index in [4.69, 9.17) is 4.74 Å². The van der Waals surface area contributed by atoms with Crippen LogP contribution in [0.2, 0.25) is 0 Å². The number of carbonyl (C=O) groups is 2. The Labute approximate surface area is 101 Å². The summed E-state index contributed by atoms with van der Waals surface area (Å²) in [5.41, 5.74) is 0.0731. The van der Waals surface area contributed by atoms with Crippen LogP contribution in [0.4, 0.5) is 0 Å². The van der Waals surface area contributed by atoms with E-state index in [0.717, 1.165) is 12.0 Å². The summed E-state index contributed by atoms with van der Waals surface area (Å²) in [5, 5.41) is 0. The van der Waals surface area contributed by atoms with Crippen molar-refractivity contribution in [3.05, 3.63) is 35.9 Å². The molecule has 0 amide bonds. The second-order valence-electron chi connectivity index (χ2n) is 4.51. The lowest BCUT2D eigenvalue weighted by atomic mass is 9.79. The summed E-state index contributed by atoms with van der Waals surface area (Å²) in [7, 11) is 1.35. The summed E-state index contributed by atoms with van der Waals surface area (Å²) in [6, 6.07) is 9.64. The lowest BCUT2D eigenvalue weighted by Gasteiger charge is -2.24. The average Bonchev–Trinajstić information content (AvgIpc) is 2.72. The van der Waals surface area contributed by atoms with Crippen LogP contribution < -0.4 is 0 Å². The van der Waals surface area contributed by atoms with Crippen LogP contribution in [0.5, 0.6) is 0 Å². The molecular formula is C14H16O3. The van der Waals surface area contributed by atoms with Crippen molar-refractivity contribution >= 4 is 11.8 Å². The summed E-state index contributed by atoms with van der Waals surface area (Å²) >= 11 is 0. The Hall–Kier alpha value is -1.64. The molecule has 3 heteroatoms. The zero-order valence-corrected chi connectivity index (χ0v) is 9.94. The number of Topliss-reactive ketones (excluding diaryl/α,β-unsaturated/α-hetero) is 1. The minimum atomic E-state index is -0.934. The molecule has 1 saturated carbocycles. The minimum absolute atomic E-state index is 0.0215. The molecule has 0 radical (unpaired) electrons. The van der Waals surface area contributed by atoms with Crippen molar-refractivity contribution in [2.45, 2.75) is 25.7 Å². The molecule has 0 heterocycles. The molecule has 1 atom stereocenters. The highest BCUT2D eigenvalue weighted by molar-refractivity contribution is 6.05. The fourth-order valence-electron chi connectivity index (χ4n) is 2.54. The van der Waals surface area contributed by atoms with Crippen LogP contribution in [0.15, 0.2) is 30.3 Å². The van der Waals surface area contributed by atoms with Crippen LogP contribution in [-0.4, -0.2) is 18.9 Å². The number of methoxy groups -OCH3 is 1. The van der Waals surface area contributed by atoms with E-state index in [1.54, 1.807) is 0 Å². The summed E-state index contributed by atoms with van der Waals surface area (Å²) in [6.45, 7) is 0. The van der Waals surface area contributed by atoms with Crippen molar-refractivity contribution < 1.29 is 14.3 Å². The first kappa shape index (κ1) is 11.8. The predicted molar refractivity (Wildman–Crippen MR) is 63.5 cm³/mol. The molecule has 0 aromatic heterocycles. The Bertz CT molecular complexity index is 424. The smallest absolute Gasteiger partial charge is 0.319 e. The number of carbonyl (C=O) groups excluding carboxylic acids is 2. The van der Waals surface area contributed by atoms with Gasteiger partial charge in [0.25, 0.3) is 0 Å². The topological polar surface area (TPSA) is 43.4 Å². The predicted octanol–water partition coefficient (Wildman–Crippen LogP) is 2.14. The molecule has 0 unspecified atom stereocenters. The first-order chi connectivity index (χ1) is 8.19. The van der Waals surface area contributed by atoms with Crippen molar-refractivity contribution in [1.29, 1.82) is 0 Å². The van der Waals surface area contributed by atoms with Crippen molar-refractivity contribution in [2.75, 3.05) is 7.11 Å². The van der Waals surface area contributed by atoms with Crippen molar-refractivity contribution in [3.63, 3.8) is 0 Å². The third-order valence-electron chi connectivity index (χ3n) is 3.47. The van der Waals surface area contributed by atoms with Crippen molar-refractivity contribution in [3.8, 4) is 0 Å². The molecule has 0 aliphatic heterocycles. The van der Waals surface area contributed by atoms with Crippen molar-refractivity contribution in [1.82, 2.24) is 0 Å². The van der Waals surface area contributed by atoms with Crippen LogP contribution in [-0.2, 0) is 20.7 Å². The molecule has 3 nitrogen and oxygen atoms in total. The number of ketones is 1. The molecule has 0 saturated heterocycles. The number of rotatable bonds is 3. The van der Waals surface area contributed by atoms with Gasteiger partial charge in [-0.15, -0.1) is 0 Å². The van der Waals surface area contributed by atoms with Crippen LogP contribution in [0, 0.1) is 5.41 Å². The molecule has 2 rings (SSSR count). The van der Waals surface area contributed by atoms with Gasteiger partial charge in [-0.2, -0.15) is 0 Å². The Morgan fingerprint density at radius 1 is 1.35 bits per heavy atom. The molecule has 90 valence electrons. The second kappa shape index (κ2) is 4.70. The molecule has 1 aromatic rings. The minimum Gasteiger partial charge on any atom is -0.468 e. The highest BCUT2D eigenvalue weighted by Crippen LogP contribution is 2.39. The Morgan fingerprint density at radius 3 is 2.59 bits per heavy atom. The summed E-state index contributed by atoms with van der Waals surface area (Å²) in [5.74, 6) is -0.364. The largest absolute Gasteiger partial charge is 0.468 e. The number of esters is 1. The SMILES string of the molecule is COC(=O)[C@]1(Cc2ccccc2)CCCC1=O. The van der Waals surface area contributed by atoms with Crippen LogP contribution in [0.1, 0.15) is 24.8 Å². The van der Waals surface area contributed by atoms with Gasteiger partial charge in [-0.05, 0) is 24.8 Å². The summed E-state index contributed by atoms with van der Waals surface area (Å²) < 4.78 is 4.82. The highest BCUT2D eigenvalue weighted by Gasteiger charge is 2.49. The van der Waals surface area contributed by atoms with Gasteiger partial charge in [-0.1, -0.05) is 30.3 Å². The van der Waals surface area contributed by atoms with Gasteiger partial charge in [0, 0.05) is 6.42 Å². The molecule has 1 aliphatic rings. The number of benzene rings is 1. The summed E-state index contributed by atoms with van der Waals surface area (Å²) in [4.78, 5) is 23.9. The van der Waals surface area contributed by atoms with E-state index < -0.39 is 5.41 Å². The van der Waals surface area contributed by atoms with Crippen LogP contribution in [0.25, 0.3) is 0 Å². The fourth-order valence-corrected chi connectivity index (χ4v) is 2.54. The maximum absolute atomic E-state index is 12.0. The van der Waals surface area contributed by atoms with E-state index >= 15 is 0 Å². The molecule has 1 aromatic carbocycles. The molecule has 0 spiro atoms. The van der Waals surface area contributed by atoms with Gasteiger partial charge in [0.2, 0.25) is 0 Å². The van der Waals surface area contributed by atoms with Gasteiger partial charge in [-0.3, -0.25) is 9.59 Å². The van der Waals surface area contributed by atoms with Gasteiger partial charge < -0.3 is 4.74 Å². The molecule has 1 aliphatic carbocycles. The highest BCUT2D eigenvalue weighted by atomic mass is 16.5. The lowest BCUT2D eigenvalue weighted by Crippen LogP contribution is -2.38. The van der Waals surface area contributed by atoms with E-state index in [1.807, 2.05) is 30.3 Å². The number of hydrogen-bond acceptors (Lipinski definition) is 3. The standard InChI is InChI=1S/C14H16O3/c1-17-13(16)14(9-5-8-12(14)15)10-11-6-3-2-4-7-11/h2-4,6-7H,5,8-10H2,1H3/t14-/m0/s1. The van der Waals surface area contributed by atoms with Gasteiger partial charge in [0.1, 0.15) is 5.41 Å². The quantitative estimate of drug-likeness (QED) is 0.592. The van der Waals surface area contributed by atoms with Gasteiger partial charge in [-0.25, -0.2) is 0 Å². The molecular weight excluding hydrogens is 216 g/mol. The van der Waals surface area contributed by atoms with E-state index in [9.17, 15) is 9.59 Å². The maximum atomic E-state index is 12.0. The number of hydrogen-bond donors (Lipinski definition) is 0. The van der Waals surface area contributed by atoms with E-state index in [1.165, 1.54) is 7.11 Å². The zero-order chi connectivity index (χ0) is 12.3. The Balaban J connectivity index is 2.29. The average molecular weight is 232 g/mol.